The van der Waals surface area contributed by atoms with Crippen LogP contribution in [0, 0.1) is 6.92 Å². The zero-order valence-electron chi connectivity index (χ0n) is 10.8. The van der Waals surface area contributed by atoms with Crippen LogP contribution in [0.5, 0.6) is 0 Å². The third-order valence-electron chi connectivity index (χ3n) is 2.82. The van der Waals surface area contributed by atoms with Gasteiger partial charge in [0.2, 0.25) is 0 Å². The molecule has 0 aliphatic rings. The molecule has 0 amide bonds. The van der Waals surface area contributed by atoms with E-state index in [0.717, 1.165) is 12.2 Å². The molecule has 0 bridgehead atoms. The van der Waals surface area contributed by atoms with Crippen molar-refractivity contribution in [3.8, 4) is 0 Å². The van der Waals surface area contributed by atoms with Gasteiger partial charge in [-0.15, -0.1) is 0 Å². The third kappa shape index (κ3) is 3.86. The second-order valence-electron chi connectivity index (χ2n) is 4.47. The highest BCUT2D eigenvalue weighted by atomic mass is 15.1. The molecular weight excluding hydrogens is 196 g/mol. The highest BCUT2D eigenvalue weighted by Crippen LogP contribution is 2.14. The molecule has 90 valence electrons. The topological polar surface area (TPSA) is 29.3 Å². The predicted octanol–water partition coefficient (Wildman–Crippen LogP) is 3.20. The summed E-state index contributed by atoms with van der Waals surface area (Å²) >= 11 is 0. The zero-order chi connectivity index (χ0) is 12.0. The van der Waals surface area contributed by atoms with Crippen molar-refractivity contribution in [3.63, 3.8) is 0 Å². The minimum Gasteiger partial charge on any atom is -0.399 e. The number of rotatable bonds is 6. The van der Waals surface area contributed by atoms with Gasteiger partial charge < -0.3 is 5.73 Å². The van der Waals surface area contributed by atoms with Crippen molar-refractivity contribution in [1.29, 1.82) is 0 Å². The van der Waals surface area contributed by atoms with E-state index in [9.17, 15) is 0 Å². The van der Waals surface area contributed by atoms with Gasteiger partial charge in [0.05, 0.1) is 0 Å². The van der Waals surface area contributed by atoms with E-state index >= 15 is 0 Å². The van der Waals surface area contributed by atoms with Crippen molar-refractivity contribution in [1.82, 2.24) is 4.90 Å². The molecular formula is C14H24N2. The molecule has 0 aliphatic heterocycles. The molecule has 1 aromatic carbocycles. The normalized spacial score (nSPS) is 11.0. The number of benzene rings is 1. The quantitative estimate of drug-likeness (QED) is 0.746. The molecule has 0 saturated carbocycles. The highest BCUT2D eigenvalue weighted by Gasteiger charge is 2.04. The molecule has 0 saturated heterocycles. The van der Waals surface area contributed by atoms with E-state index in [0.29, 0.717) is 0 Å². The van der Waals surface area contributed by atoms with Gasteiger partial charge in [0.25, 0.3) is 0 Å². The fourth-order valence-corrected chi connectivity index (χ4v) is 2.00. The van der Waals surface area contributed by atoms with Crippen LogP contribution in [-0.4, -0.2) is 18.0 Å². The lowest BCUT2D eigenvalue weighted by Gasteiger charge is -2.21. The molecule has 0 atom stereocenters. The third-order valence-corrected chi connectivity index (χ3v) is 2.82. The summed E-state index contributed by atoms with van der Waals surface area (Å²) in [5, 5.41) is 0. The van der Waals surface area contributed by atoms with Crippen LogP contribution in [-0.2, 0) is 6.54 Å². The Morgan fingerprint density at radius 2 is 1.75 bits per heavy atom. The van der Waals surface area contributed by atoms with Gasteiger partial charge in [0, 0.05) is 12.2 Å². The van der Waals surface area contributed by atoms with Crippen LogP contribution in [0.2, 0.25) is 0 Å². The van der Waals surface area contributed by atoms with Gasteiger partial charge in [0.15, 0.2) is 0 Å². The van der Waals surface area contributed by atoms with Gasteiger partial charge in [-0.2, -0.15) is 0 Å². The summed E-state index contributed by atoms with van der Waals surface area (Å²) in [6, 6.07) is 6.36. The second-order valence-corrected chi connectivity index (χ2v) is 4.47. The first kappa shape index (κ1) is 13.0. The number of aryl methyl sites for hydroxylation is 1. The molecule has 0 spiro atoms. The molecule has 0 aromatic heterocycles. The molecule has 0 aliphatic carbocycles. The first-order valence-electron chi connectivity index (χ1n) is 6.24. The number of anilines is 1. The van der Waals surface area contributed by atoms with Crippen LogP contribution in [0.3, 0.4) is 0 Å². The van der Waals surface area contributed by atoms with Crippen LogP contribution < -0.4 is 5.73 Å². The van der Waals surface area contributed by atoms with Crippen LogP contribution in [0.15, 0.2) is 18.2 Å². The lowest BCUT2D eigenvalue weighted by molar-refractivity contribution is 0.266. The van der Waals surface area contributed by atoms with Gasteiger partial charge in [-0.25, -0.2) is 0 Å². The monoisotopic (exact) mass is 220 g/mol. The first-order chi connectivity index (χ1) is 7.67. The van der Waals surface area contributed by atoms with Gasteiger partial charge in [-0.05, 0) is 50.0 Å². The van der Waals surface area contributed by atoms with Crippen LogP contribution >= 0.6 is 0 Å². The maximum absolute atomic E-state index is 5.82. The van der Waals surface area contributed by atoms with Crippen LogP contribution in [0.4, 0.5) is 5.69 Å². The smallest absolute Gasteiger partial charge is 0.0343 e. The number of nitrogens with zero attached hydrogens (tertiary/aromatic N) is 1. The van der Waals surface area contributed by atoms with Gasteiger partial charge in [-0.1, -0.05) is 26.0 Å². The Labute approximate surface area is 99.5 Å². The number of hydrogen-bond acceptors (Lipinski definition) is 2. The summed E-state index contributed by atoms with van der Waals surface area (Å²) in [5.41, 5.74) is 9.27. The van der Waals surface area contributed by atoms with E-state index < -0.39 is 0 Å². The number of hydrogen-bond donors (Lipinski definition) is 1. The SMILES string of the molecule is CCCN(CCC)Cc1ccc(N)c(C)c1. The van der Waals surface area contributed by atoms with Crippen LogP contribution in [0.1, 0.15) is 37.8 Å². The molecule has 0 fully saturated rings. The van der Waals surface area contributed by atoms with Gasteiger partial charge >= 0.3 is 0 Å². The van der Waals surface area contributed by atoms with Gasteiger partial charge in [-0.3, -0.25) is 4.90 Å². The Bertz CT molecular complexity index is 315. The van der Waals surface area contributed by atoms with Gasteiger partial charge in [0.1, 0.15) is 0 Å². The van der Waals surface area contributed by atoms with E-state index in [4.69, 9.17) is 5.73 Å². The fourth-order valence-electron chi connectivity index (χ4n) is 2.00. The van der Waals surface area contributed by atoms with Crippen molar-refractivity contribution in [2.24, 2.45) is 0 Å². The zero-order valence-corrected chi connectivity index (χ0v) is 10.8. The molecule has 0 heterocycles. The molecule has 0 radical (unpaired) electrons. The molecule has 0 unspecified atom stereocenters. The summed E-state index contributed by atoms with van der Waals surface area (Å²) in [6.07, 6.45) is 2.43. The lowest BCUT2D eigenvalue weighted by atomic mass is 10.1. The fraction of sp³-hybridized carbons (Fsp3) is 0.571. The maximum atomic E-state index is 5.82. The van der Waals surface area contributed by atoms with E-state index in [1.807, 2.05) is 6.07 Å². The summed E-state index contributed by atoms with van der Waals surface area (Å²) in [5.74, 6) is 0. The molecule has 2 N–H and O–H groups in total. The average Bonchev–Trinajstić information content (AvgIpc) is 2.24. The first-order valence-corrected chi connectivity index (χ1v) is 6.24. The Kier molecular flexibility index (Phi) is 5.33. The highest BCUT2D eigenvalue weighted by molar-refractivity contribution is 5.47. The minimum absolute atomic E-state index is 0.890. The summed E-state index contributed by atoms with van der Waals surface area (Å²) in [6.45, 7) is 9.94. The Morgan fingerprint density at radius 3 is 2.25 bits per heavy atom. The molecule has 1 rings (SSSR count). The van der Waals surface area contributed by atoms with Crippen molar-refractivity contribution in [2.75, 3.05) is 18.8 Å². The number of nitrogen functional groups attached to an aromatic ring is 1. The summed E-state index contributed by atoms with van der Waals surface area (Å²) in [4.78, 5) is 2.50. The number of nitrogens with two attached hydrogens (primary N) is 1. The van der Waals surface area contributed by atoms with Crippen LogP contribution in [0.25, 0.3) is 0 Å². The van der Waals surface area contributed by atoms with Crippen molar-refractivity contribution >= 4 is 5.69 Å². The molecule has 16 heavy (non-hydrogen) atoms. The summed E-state index contributed by atoms with van der Waals surface area (Å²) < 4.78 is 0. The maximum Gasteiger partial charge on any atom is 0.0343 e. The lowest BCUT2D eigenvalue weighted by Crippen LogP contribution is -2.24. The van der Waals surface area contributed by atoms with Crippen molar-refractivity contribution in [2.45, 2.75) is 40.2 Å². The van der Waals surface area contributed by atoms with E-state index in [1.54, 1.807) is 0 Å². The molecule has 1 aromatic rings. The van der Waals surface area contributed by atoms with Crippen molar-refractivity contribution < 1.29 is 0 Å². The second kappa shape index (κ2) is 6.54. The van der Waals surface area contributed by atoms with E-state index in [-0.39, 0.29) is 0 Å². The van der Waals surface area contributed by atoms with E-state index in [2.05, 4.69) is 37.8 Å². The Morgan fingerprint density at radius 1 is 1.12 bits per heavy atom. The molecule has 2 heteroatoms. The Balaban J connectivity index is 2.65. The standard InChI is InChI=1S/C14H24N2/c1-4-8-16(9-5-2)11-13-6-7-14(15)12(3)10-13/h6-7,10H,4-5,8-9,11,15H2,1-3H3. The Hall–Kier alpha value is -1.02. The molecule has 2 nitrogen and oxygen atoms in total. The summed E-state index contributed by atoms with van der Waals surface area (Å²) in [7, 11) is 0. The van der Waals surface area contributed by atoms with E-state index in [1.165, 1.54) is 37.1 Å². The van der Waals surface area contributed by atoms with Crippen molar-refractivity contribution in [3.05, 3.63) is 29.3 Å². The minimum atomic E-state index is 0.890. The average molecular weight is 220 g/mol. The predicted molar refractivity (Wildman–Crippen MR) is 71.5 cm³/mol. The largest absolute Gasteiger partial charge is 0.399 e.